The van der Waals surface area contributed by atoms with Gasteiger partial charge in [0.05, 0.1) is 23.6 Å². The summed E-state index contributed by atoms with van der Waals surface area (Å²) in [7, 11) is 2.93. The molecule has 0 saturated heterocycles. The number of aliphatic hydroxyl groups is 4. The zero-order chi connectivity index (χ0) is 27.1. The summed E-state index contributed by atoms with van der Waals surface area (Å²) in [5.74, 6) is -8.96. The van der Waals surface area contributed by atoms with Gasteiger partial charge in [-0.05, 0) is 43.1 Å². The predicted molar refractivity (Wildman–Crippen MR) is 134 cm³/mol. The molecule has 0 aliphatic heterocycles. The summed E-state index contributed by atoms with van der Waals surface area (Å²) >= 11 is 1.36. The Kier molecular flexibility index (Phi) is 5.61. The molecule has 0 bridgehead atoms. The minimum atomic E-state index is -2.93. The number of nitrogens with two attached hydrogens (primary N) is 1. The van der Waals surface area contributed by atoms with Crippen molar-refractivity contribution in [3.8, 4) is 16.2 Å². The molecule has 11 heteroatoms. The molecule has 1 aromatic heterocycles. The molecule has 1 amide bonds. The number of phenols is 1. The first-order valence-corrected chi connectivity index (χ1v) is 12.5. The van der Waals surface area contributed by atoms with E-state index in [9.17, 15) is 39.9 Å². The molecule has 6 atom stereocenters. The molecule has 7 N–H and O–H groups in total. The molecule has 0 unspecified atom stereocenters. The minimum absolute atomic E-state index is 0.0260. The van der Waals surface area contributed by atoms with Crippen molar-refractivity contribution in [2.45, 2.75) is 30.6 Å². The van der Waals surface area contributed by atoms with Crippen molar-refractivity contribution < 1.29 is 39.9 Å². The molecule has 3 aliphatic carbocycles. The van der Waals surface area contributed by atoms with E-state index in [4.69, 9.17) is 5.73 Å². The predicted octanol–water partition coefficient (Wildman–Crippen LogP) is 1.22. The van der Waals surface area contributed by atoms with E-state index < -0.39 is 75.6 Å². The van der Waals surface area contributed by atoms with Crippen molar-refractivity contribution in [3.63, 3.8) is 0 Å². The third kappa shape index (κ3) is 3.11. The van der Waals surface area contributed by atoms with E-state index in [1.165, 1.54) is 30.3 Å². The Morgan fingerprint density at radius 2 is 1.81 bits per heavy atom. The van der Waals surface area contributed by atoms with Gasteiger partial charge in [-0.2, -0.15) is 0 Å². The standard InChI is InChI=1S/C26H26N2O8S/c1-9-10-6-7-11(12-5-4-8-37-12)19(29)14(10)20(30)15-13(9)21(31)17-18(28(2)3)22(32)16(25(27)35)24(34)26(17,36)23(15)33/h4-9,13,17-18,21,29-31,34,36H,1-3H3,(H2,27,35)/t9-,13+,17-,18+,21+,26-/m0/s1. The van der Waals surface area contributed by atoms with Crippen LogP contribution in [-0.2, 0) is 14.4 Å². The van der Waals surface area contributed by atoms with Crippen molar-refractivity contribution in [1.29, 1.82) is 0 Å². The highest BCUT2D eigenvalue weighted by Gasteiger charge is 2.68. The first kappa shape index (κ1) is 25.2. The summed E-state index contributed by atoms with van der Waals surface area (Å²) in [6, 6.07) is 5.57. The molecular weight excluding hydrogens is 500 g/mol. The summed E-state index contributed by atoms with van der Waals surface area (Å²) in [5, 5.41) is 58.6. The Labute approximate surface area is 215 Å². The Morgan fingerprint density at radius 3 is 2.38 bits per heavy atom. The molecule has 1 fully saturated rings. The van der Waals surface area contributed by atoms with Gasteiger partial charge in [0.15, 0.2) is 11.4 Å². The first-order valence-electron chi connectivity index (χ1n) is 11.6. The Morgan fingerprint density at radius 1 is 1.14 bits per heavy atom. The van der Waals surface area contributed by atoms with Gasteiger partial charge < -0.3 is 31.3 Å². The van der Waals surface area contributed by atoms with Crippen LogP contribution >= 0.6 is 11.3 Å². The molecule has 5 rings (SSSR count). The van der Waals surface area contributed by atoms with Gasteiger partial charge in [0.1, 0.15) is 22.8 Å². The maximum atomic E-state index is 14.0. The molecule has 10 nitrogen and oxygen atoms in total. The van der Waals surface area contributed by atoms with Crippen molar-refractivity contribution in [1.82, 2.24) is 4.90 Å². The number of carbonyl (C=O) groups excluding carboxylic acids is 3. The van der Waals surface area contributed by atoms with Gasteiger partial charge in [0.2, 0.25) is 5.78 Å². The Balaban J connectivity index is 1.80. The topological polar surface area (TPSA) is 182 Å². The number of amides is 1. The highest BCUT2D eigenvalue weighted by atomic mass is 32.1. The summed E-state index contributed by atoms with van der Waals surface area (Å²) in [6.07, 6.45) is -1.62. The van der Waals surface area contributed by atoms with E-state index >= 15 is 0 Å². The van der Waals surface area contributed by atoms with E-state index in [2.05, 4.69) is 0 Å². The highest BCUT2D eigenvalue weighted by Crippen LogP contribution is 2.57. The van der Waals surface area contributed by atoms with Crippen molar-refractivity contribution in [2.75, 3.05) is 14.1 Å². The van der Waals surface area contributed by atoms with Crippen LogP contribution in [-0.4, -0.2) is 79.7 Å². The van der Waals surface area contributed by atoms with Crippen LogP contribution in [0.2, 0.25) is 0 Å². The highest BCUT2D eigenvalue weighted by molar-refractivity contribution is 7.13. The number of thiophene rings is 1. The number of primary amides is 1. The normalized spacial score (nSPS) is 31.4. The number of fused-ring (bicyclic) bond motifs is 3. The number of ketones is 2. The number of aliphatic hydroxyl groups excluding tert-OH is 3. The maximum Gasteiger partial charge on any atom is 0.255 e. The number of phenolic OH excluding ortho intramolecular Hbond substituents is 1. The summed E-state index contributed by atoms with van der Waals surface area (Å²) in [6.45, 7) is 1.70. The minimum Gasteiger partial charge on any atom is -0.508 e. The number of Topliss-reactive ketones (excluding diaryl/α,β-unsaturated/α-hetero) is 2. The van der Waals surface area contributed by atoms with Crippen LogP contribution in [0.25, 0.3) is 16.2 Å². The summed E-state index contributed by atoms with van der Waals surface area (Å²) in [4.78, 5) is 41.3. The fourth-order valence-corrected chi connectivity index (χ4v) is 7.00. The lowest BCUT2D eigenvalue weighted by molar-refractivity contribution is -0.169. The molecular formula is C26H26N2O8S. The molecule has 0 radical (unpaired) electrons. The van der Waals surface area contributed by atoms with Crippen molar-refractivity contribution >= 4 is 34.6 Å². The zero-order valence-electron chi connectivity index (χ0n) is 20.2. The van der Waals surface area contributed by atoms with E-state index in [1.54, 1.807) is 31.2 Å². The molecule has 194 valence electrons. The fourth-order valence-electron chi connectivity index (χ4n) is 6.25. The van der Waals surface area contributed by atoms with E-state index in [0.717, 1.165) is 0 Å². The number of hydrogen-bond acceptors (Lipinski definition) is 10. The molecule has 2 aromatic rings. The fraction of sp³-hybridized carbons (Fsp3) is 0.346. The maximum absolute atomic E-state index is 14.0. The van der Waals surface area contributed by atoms with Crippen LogP contribution in [0.15, 0.2) is 46.6 Å². The largest absolute Gasteiger partial charge is 0.508 e. The van der Waals surface area contributed by atoms with Crippen LogP contribution < -0.4 is 5.73 Å². The third-order valence-corrected chi connectivity index (χ3v) is 8.82. The number of hydrogen-bond donors (Lipinski definition) is 6. The number of benzene rings is 1. The molecule has 1 aromatic carbocycles. The quantitative estimate of drug-likeness (QED) is 0.320. The molecule has 37 heavy (non-hydrogen) atoms. The number of nitrogens with zero attached hydrogens (tertiary/aromatic N) is 1. The summed E-state index contributed by atoms with van der Waals surface area (Å²) < 4.78 is 0. The Bertz CT molecular complexity index is 1430. The molecule has 0 spiro atoms. The lowest BCUT2D eigenvalue weighted by Crippen LogP contribution is -2.70. The van der Waals surface area contributed by atoms with Gasteiger partial charge in [0, 0.05) is 21.9 Å². The number of rotatable bonds is 3. The average Bonchev–Trinajstić information content (AvgIpc) is 3.35. The smallest absolute Gasteiger partial charge is 0.255 e. The number of carbonyl (C=O) groups is 3. The van der Waals surface area contributed by atoms with E-state index in [0.29, 0.717) is 16.0 Å². The lowest BCUT2D eigenvalue weighted by Gasteiger charge is -2.53. The van der Waals surface area contributed by atoms with Gasteiger partial charge in [-0.3, -0.25) is 19.3 Å². The second-order valence-corrected chi connectivity index (χ2v) is 10.9. The molecule has 1 saturated carbocycles. The summed E-state index contributed by atoms with van der Waals surface area (Å²) in [5.41, 5.74) is 1.90. The van der Waals surface area contributed by atoms with Crippen molar-refractivity contribution in [2.24, 2.45) is 17.6 Å². The second-order valence-electron chi connectivity index (χ2n) is 9.95. The van der Waals surface area contributed by atoms with Gasteiger partial charge >= 0.3 is 0 Å². The third-order valence-electron chi connectivity index (χ3n) is 7.92. The average molecular weight is 527 g/mol. The van der Waals surface area contributed by atoms with Gasteiger partial charge in [-0.1, -0.05) is 19.1 Å². The second kappa shape index (κ2) is 8.25. The Hall–Kier alpha value is -3.51. The molecule has 1 heterocycles. The van der Waals surface area contributed by atoms with Gasteiger partial charge in [-0.25, -0.2) is 0 Å². The van der Waals surface area contributed by atoms with E-state index in [-0.39, 0.29) is 11.3 Å². The van der Waals surface area contributed by atoms with Crippen LogP contribution in [0.3, 0.4) is 0 Å². The van der Waals surface area contributed by atoms with Crippen molar-refractivity contribution in [3.05, 3.63) is 57.7 Å². The first-order chi connectivity index (χ1) is 17.3. The molecule has 3 aliphatic rings. The van der Waals surface area contributed by atoms with Crippen LogP contribution in [0.1, 0.15) is 24.0 Å². The van der Waals surface area contributed by atoms with Gasteiger partial charge in [0.25, 0.3) is 5.91 Å². The SMILES string of the molecule is C[C@H]1c2ccc(-c3cccs3)c(O)c2C(O)=C2C(=O)[C@]3(O)C(O)=C(C(N)=O)C(=O)[C@H](N(C)C)[C@H]3[C@H](O)[C@@H]21. The number of likely N-dealkylation sites (N-methyl/N-ethyl adjacent to an activating group) is 1. The lowest BCUT2D eigenvalue weighted by atomic mass is 9.54. The van der Waals surface area contributed by atoms with Crippen LogP contribution in [0.5, 0.6) is 5.75 Å². The zero-order valence-corrected chi connectivity index (χ0v) is 21.0. The van der Waals surface area contributed by atoms with Gasteiger partial charge in [-0.15, -0.1) is 11.3 Å². The van der Waals surface area contributed by atoms with Crippen LogP contribution in [0, 0.1) is 11.8 Å². The van der Waals surface area contributed by atoms with E-state index in [1.807, 2.05) is 5.38 Å². The monoisotopic (exact) mass is 526 g/mol. The number of aromatic hydroxyl groups is 1. The van der Waals surface area contributed by atoms with Crippen LogP contribution in [0.4, 0.5) is 0 Å².